The summed E-state index contributed by atoms with van der Waals surface area (Å²) in [5.41, 5.74) is 15.9. The molecule has 150 valence electrons. The summed E-state index contributed by atoms with van der Waals surface area (Å²) in [4.78, 5) is 5.00. The largest absolute Gasteiger partial charge is 0.399 e. The Bertz CT molecular complexity index is 756. The first-order valence-electron chi connectivity index (χ1n) is 10.1. The first-order valence-corrected chi connectivity index (χ1v) is 11.7. The Morgan fingerprint density at radius 1 is 0.643 bits per heavy atom. The van der Waals surface area contributed by atoms with Crippen LogP contribution in [0.4, 0.5) is 22.7 Å². The van der Waals surface area contributed by atoms with Crippen LogP contribution in [0.2, 0.25) is 0 Å². The van der Waals surface area contributed by atoms with Crippen molar-refractivity contribution in [1.29, 1.82) is 0 Å². The predicted octanol–water partition coefficient (Wildman–Crippen LogP) is 5.51. The lowest BCUT2D eigenvalue weighted by atomic mass is 9.78. The lowest BCUT2D eigenvalue weighted by Crippen LogP contribution is -2.41. The van der Waals surface area contributed by atoms with Crippen LogP contribution in [-0.4, -0.2) is 26.2 Å². The quantitative estimate of drug-likeness (QED) is 0.538. The molecule has 2 saturated heterocycles. The highest BCUT2D eigenvalue weighted by molar-refractivity contribution is 9.11. The van der Waals surface area contributed by atoms with E-state index in [9.17, 15) is 0 Å². The van der Waals surface area contributed by atoms with Crippen LogP contribution in [0.3, 0.4) is 0 Å². The fourth-order valence-electron chi connectivity index (χ4n) is 4.78. The van der Waals surface area contributed by atoms with E-state index in [1.807, 2.05) is 24.3 Å². The summed E-state index contributed by atoms with van der Waals surface area (Å²) in [6.45, 7) is 4.54. The number of hydrogen-bond donors (Lipinski definition) is 2. The summed E-state index contributed by atoms with van der Waals surface area (Å²) in [5, 5.41) is 0. The van der Waals surface area contributed by atoms with Gasteiger partial charge in [-0.15, -0.1) is 0 Å². The summed E-state index contributed by atoms with van der Waals surface area (Å²) in [7, 11) is 0. The third-order valence-electron chi connectivity index (χ3n) is 6.37. The Balaban J connectivity index is 1.31. The van der Waals surface area contributed by atoms with Crippen LogP contribution in [0.15, 0.2) is 45.3 Å². The number of halogens is 2. The Hall–Kier alpha value is -1.40. The predicted molar refractivity (Wildman–Crippen MR) is 127 cm³/mol. The van der Waals surface area contributed by atoms with Gasteiger partial charge in [0.25, 0.3) is 0 Å². The fourth-order valence-corrected chi connectivity index (χ4v) is 6.08. The van der Waals surface area contributed by atoms with Crippen LogP contribution < -0.4 is 21.3 Å². The summed E-state index contributed by atoms with van der Waals surface area (Å²) < 4.78 is 2.21. The Morgan fingerprint density at radius 2 is 1.00 bits per heavy atom. The third-order valence-corrected chi connectivity index (χ3v) is 7.64. The lowest BCUT2D eigenvalue weighted by molar-refractivity contribution is 0.233. The number of rotatable bonds is 3. The molecule has 0 saturated carbocycles. The maximum absolute atomic E-state index is 5.88. The molecule has 0 radical (unpaired) electrons. The molecule has 4 nitrogen and oxygen atoms in total. The Kier molecular flexibility index (Phi) is 6.07. The minimum absolute atomic E-state index is 0.810. The van der Waals surface area contributed by atoms with Gasteiger partial charge in [0.2, 0.25) is 0 Å². The average Bonchev–Trinajstić information content (AvgIpc) is 2.69. The highest BCUT2D eigenvalue weighted by Gasteiger charge is 2.30. The van der Waals surface area contributed by atoms with E-state index in [-0.39, 0.29) is 0 Å². The standard InChI is InChI=1S/C22H28Br2N4/c23-19-13-17(25)1-3-21(19)27-9-5-15(6-10-27)16-7-11-28(12-8-16)22-4-2-18(26)14-20(22)24/h1-4,13-16H,5-12,25-26H2. The van der Waals surface area contributed by atoms with Crippen molar-refractivity contribution in [2.45, 2.75) is 25.7 Å². The van der Waals surface area contributed by atoms with Crippen molar-refractivity contribution in [3.63, 3.8) is 0 Å². The summed E-state index contributed by atoms with van der Waals surface area (Å²) in [6, 6.07) is 12.3. The number of hydrogen-bond acceptors (Lipinski definition) is 4. The highest BCUT2D eigenvalue weighted by Crippen LogP contribution is 2.38. The molecule has 4 N–H and O–H groups in total. The van der Waals surface area contributed by atoms with E-state index in [2.05, 4.69) is 53.8 Å². The molecule has 0 unspecified atom stereocenters. The summed E-state index contributed by atoms with van der Waals surface area (Å²) in [5.74, 6) is 1.70. The van der Waals surface area contributed by atoms with Gasteiger partial charge in [-0.2, -0.15) is 0 Å². The van der Waals surface area contributed by atoms with Crippen molar-refractivity contribution >= 4 is 54.6 Å². The molecule has 6 heteroatoms. The summed E-state index contributed by atoms with van der Waals surface area (Å²) >= 11 is 7.35. The molecule has 2 aromatic carbocycles. The van der Waals surface area contributed by atoms with Gasteiger partial charge in [0.1, 0.15) is 0 Å². The average molecular weight is 508 g/mol. The molecule has 0 amide bonds. The molecule has 28 heavy (non-hydrogen) atoms. The highest BCUT2D eigenvalue weighted by atomic mass is 79.9. The monoisotopic (exact) mass is 506 g/mol. The molecular formula is C22H28Br2N4. The van der Waals surface area contributed by atoms with E-state index >= 15 is 0 Å². The van der Waals surface area contributed by atoms with Gasteiger partial charge < -0.3 is 21.3 Å². The van der Waals surface area contributed by atoms with Crippen LogP contribution in [0.5, 0.6) is 0 Å². The number of piperidine rings is 2. The maximum Gasteiger partial charge on any atom is 0.0512 e. The van der Waals surface area contributed by atoms with Crippen molar-refractivity contribution in [1.82, 2.24) is 0 Å². The summed E-state index contributed by atoms with van der Waals surface area (Å²) in [6.07, 6.45) is 5.14. The van der Waals surface area contributed by atoms with Crippen molar-refractivity contribution in [3.05, 3.63) is 45.3 Å². The zero-order chi connectivity index (χ0) is 19.7. The number of nitrogen functional groups attached to an aromatic ring is 2. The molecule has 0 aromatic heterocycles. The van der Waals surface area contributed by atoms with Gasteiger partial charge in [-0.1, -0.05) is 0 Å². The van der Waals surface area contributed by atoms with Crippen LogP contribution in [0.25, 0.3) is 0 Å². The van der Waals surface area contributed by atoms with Crippen molar-refractivity contribution in [2.24, 2.45) is 11.8 Å². The normalized spacial score (nSPS) is 19.2. The lowest BCUT2D eigenvalue weighted by Gasteiger charge is -2.41. The fraction of sp³-hybridized carbons (Fsp3) is 0.455. The maximum atomic E-state index is 5.88. The first kappa shape index (κ1) is 19.9. The van der Waals surface area contributed by atoms with Gasteiger partial charge in [0.05, 0.1) is 11.4 Å². The smallest absolute Gasteiger partial charge is 0.0512 e. The zero-order valence-corrected chi connectivity index (χ0v) is 19.3. The van der Waals surface area contributed by atoms with E-state index in [1.54, 1.807) is 0 Å². The minimum atomic E-state index is 0.810. The Labute approximate surface area is 184 Å². The second kappa shape index (κ2) is 8.54. The van der Waals surface area contributed by atoms with Gasteiger partial charge >= 0.3 is 0 Å². The number of nitrogens with two attached hydrogens (primary N) is 2. The molecule has 0 aliphatic carbocycles. The molecule has 2 aromatic rings. The topological polar surface area (TPSA) is 58.5 Å². The van der Waals surface area contributed by atoms with E-state index in [1.165, 1.54) is 37.1 Å². The number of benzene rings is 2. The van der Waals surface area contributed by atoms with E-state index in [4.69, 9.17) is 11.5 Å². The minimum Gasteiger partial charge on any atom is -0.399 e. The molecule has 0 bridgehead atoms. The molecule has 2 heterocycles. The third kappa shape index (κ3) is 4.28. The molecule has 0 atom stereocenters. The molecule has 4 rings (SSSR count). The van der Waals surface area contributed by atoms with E-state index in [0.717, 1.165) is 58.3 Å². The van der Waals surface area contributed by atoms with Crippen LogP contribution in [0, 0.1) is 11.8 Å². The van der Waals surface area contributed by atoms with Crippen LogP contribution >= 0.6 is 31.9 Å². The first-order chi connectivity index (χ1) is 13.5. The van der Waals surface area contributed by atoms with Gasteiger partial charge in [-0.05, 0) is 106 Å². The molecule has 2 fully saturated rings. The number of nitrogens with zero attached hydrogens (tertiary/aromatic N) is 2. The second-order valence-electron chi connectivity index (χ2n) is 8.07. The van der Waals surface area contributed by atoms with Gasteiger partial charge in [0, 0.05) is 46.5 Å². The molecular weight excluding hydrogens is 480 g/mol. The number of anilines is 4. The van der Waals surface area contributed by atoms with Crippen molar-refractivity contribution in [2.75, 3.05) is 47.4 Å². The van der Waals surface area contributed by atoms with Gasteiger partial charge in [0.15, 0.2) is 0 Å². The van der Waals surface area contributed by atoms with E-state index < -0.39 is 0 Å². The molecule has 0 spiro atoms. The van der Waals surface area contributed by atoms with E-state index in [0.29, 0.717) is 0 Å². The van der Waals surface area contributed by atoms with Crippen LogP contribution in [0.1, 0.15) is 25.7 Å². The second-order valence-corrected chi connectivity index (χ2v) is 9.78. The van der Waals surface area contributed by atoms with Crippen molar-refractivity contribution in [3.8, 4) is 0 Å². The van der Waals surface area contributed by atoms with Gasteiger partial charge in [-0.25, -0.2) is 0 Å². The Morgan fingerprint density at radius 3 is 1.32 bits per heavy atom. The van der Waals surface area contributed by atoms with Crippen molar-refractivity contribution < 1.29 is 0 Å². The zero-order valence-electron chi connectivity index (χ0n) is 16.1. The van der Waals surface area contributed by atoms with Crippen LogP contribution in [-0.2, 0) is 0 Å². The SMILES string of the molecule is Nc1ccc(N2CCC(C3CCN(c4ccc(N)cc4Br)CC3)CC2)c(Br)c1. The molecule has 2 aliphatic heterocycles. The van der Waals surface area contributed by atoms with Gasteiger partial charge in [-0.3, -0.25) is 0 Å². The molecule has 2 aliphatic rings.